The third kappa shape index (κ3) is 7.36. The first kappa shape index (κ1) is 16.1. The number of hydrogen-bond donors (Lipinski definition) is 1. The number of thioether (sulfide) groups is 1. The first-order valence-corrected chi connectivity index (χ1v) is 6.27. The van der Waals surface area contributed by atoms with E-state index in [9.17, 15) is 0 Å². The van der Waals surface area contributed by atoms with Crippen LogP contribution in [0.1, 0.15) is 0 Å². The van der Waals surface area contributed by atoms with Crippen molar-refractivity contribution in [1.29, 1.82) is 0 Å². The predicted octanol–water partition coefficient (Wildman–Crippen LogP) is 3.09. The van der Waals surface area contributed by atoms with E-state index in [0.717, 1.165) is 30.5 Å². The molecule has 0 saturated carbocycles. The van der Waals surface area contributed by atoms with Crippen molar-refractivity contribution in [2.45, 2.75) is 4.90 Å². The topological polar surface area (TPSA) is 21.3 Å². The number of nitrogens with one attached hydrogen (secondary N) is 1. The van der Waals surface area contributed by atoms with Crippen LogP contribution in [0.25, 0.3) is 0 Å². The Balaban J connectivity index is 0.00000225. The molecule has 0 atom stereocenters. The summed E-state index contributed by atoms with van der Waals surface area (Å²) in [6.45, 7) is 2.68. The van der Waals surface area contributed by atoms with Crippen molar-refractivity contribution in [3.63, 3.8) is 0 Å². The molecular weight excluding hydrogens is 265 g/mol. The molecule has 0 heterocycles. The van der Waals surface area contributed by atoms with Crippen molar-refractivity contribution in [2.24, 2.45) is 0 Å². The van der Waals surface area contributed by atoms with Crippen LogP contribution in [0.4, 0.5) is 0 Å². The average molecular weight is 282 g/mol. The molecule has 1 aromatic rings. The number of benzene rings is 1. The summed E-state index contributed by atoms with van der Waals surface area (Å²) < 4.78 is 4.94. The van der Waals surface area contributed by atoms with Gasteiger partial charge in [0.1, 0.15) is 0 Å². The molecule has 1 rings (SSSR count). The number of halogens is 2. The van der Waals surface area contributed by atoms with Crippen molar-refractivity contribution in [1.82, 2.24) is 5.32 Å². The van der Waals surface area contributed by atoms with Gasteiger partial charge in [-0.3, -0.25) is 0 Å². The zero-order chi connectivity index (χ0) is 10.9. The van der Waals surface area contributed by atoms with E-state index in [-0.39, 0.29) is 12.4 Å². The smallest absolute Gasteiger partial charge is 0.0587 e. The third-order valence-electron chi connectivity index (χ3n) is 1.84. The van der Waals surface area contributed by atoms with Crippen LogP contribution in [-0.2, 0) is 4.74 Å². The van der Waals surface area contributed by atoms with E-state index in [1.807, 2.05) is 36.0 Å². The van der Waals surface area contributed by atoms with Crippen LogP contribution >= 0.6 is 35.8 Å². The number of hydrogen-bond acceptors (Lipinski definition) is 3. The van der Waals surface area contributed by atoms with Crippen LogP contribution in [0.15, 0.2) is 29.2 Å². The van der Waals surface area contributed by atoms with Gasteiger partial charge in [0.15, 0.2) is 0 Å². The Hall–Kier alpha value is 0.0700. The van der Waals surface area contributed by atoms with Crippen LogP contribution < -0.4 is 5.32 Å². The maximum atomic E-state index is 5.79. The lowest BCUT2D eigenvalue weighted by atomic mass is 10.4. The molecule has 0 saturated heterocycles. The number of methoxy groups -OCH3 is 1. The van der Waals surface area contributed by atoms with E-state index in [4.69, 9.17) is 16.3 Å². The van der Waals surface area contributed by atoms with Gasteiger partial charge in [0.25, 0.3) is 0 Å². The highest BCUT2D eigenvalue weighted by atomic mass is 35.5. The molecular formula is C11H17Cl2NOS. The molecule has 0 fully saturated rings. The van der Waals surface area contributed by atoms with E-state index < -0.39 is 0 Å². The van der Waals surface area contributed by atoms with E-state index in [2.05, 4.69) is 5.32 Å². The van der Waals surface area contributed by atoms with Gasteiger partial charge in [0.05, 0.1) is 6.61 Å². The molecule has 0 aliphatic carbocycles. The molecule has 0 radical (unpaired) electrons. The van der Waals surface area contributed by atoms with E-state index in [1.165, 1.54) is 4.90 Å². The maximum Gasteiger partial charge on any atom is 0.0587 e. The summed E-state index contributed by atoms with van der Waals surface area (Å²) in [5.74, 6) is 1.06. The minimum atomic E-state index is 0. The Morgan fingerprint density at radius 1 is 1.25 bits per heavy atom. The summed E-state index contributed by atoms with van der Waals surface area (Å²) in [4.78, 5) is 1.26. The third-order valence-corrected chi connectivity index (χ3v) is 3.11. The highest BCUT2D eigenvalue weighted by Crippen LogP contribution is 2.19. The summed E-state index contributed by atoms with van der Waals surface area (Å²) in [7, 11) is 1.71. The van der Waals surface area contributed by atoms with Crippen LogP contribution in [0.2, 0.25) is 5.02 Å². The zero-order valence-electron chi connectivity index (χ0n) is 9.24. The Labute approximate surface area is 112 Å². The molecule has 16 heavy (non-hydrogen) atoms. The number of ether oxygens (including phenoxy) is 1. The minimum Gasteiger partial charge on any atom is -0.383 e. The van der Waals surface area contributed by atoms with Crippen LogP contribution in [0.5, 0.6) is 0 Å². The van der Waals surface area contributed by atoms with Crippen molar-refractivity contribution in [2.75, 3.05) is 32.6 Å². The Kier molecular flexibility index (Phi) is 10.3. The molecule has 0 spiro atoms. The van der Waals surface area contributed by atoms with Gasteiger partial charge in [0, 0.05) is 35.9 Å². The quantitative estimate of drug-likeness (QED) is 0.613. The van der Waals surface area contributed by atoms with E-state index in [0.29, 0.717) is 0 Å². The molecule has 0 aromatic heterocycles. The van der Waals surface area contributed by atoms with Crippen LogP contribution in [0, 0.1) is 0 Å². The van der Waals surface area contributed by atoms with Gasteiger partial charge in [-0.25, -0.2) is 0 Å². The van der Waals surface area contributed by atoms with E-state index in [1.54, 1.807) is 7.11 Å². The number of rotatable bonds is 7. The van der Waals surface area contributed by atoms with Crippen molar-refractivity contribution in [3.8, 4) is 0 Å². The lowest BCUT2D eigenvalue weighted by Gasteiger charge is -2.04. The summed E-state index contributed by atoms with van der Waals surface area (Å²) in [5.41, 5.74) is 0. The molecule has 0 amide bonds. The summed E-state index contributed by atoms with van der Waals surface area (Å²) >= 11 is 7.62. The van der Waals surface area contributed by atoms with Crippen molar-refractivity contribution < 1.29 is 4.74 Å². The highest BCUT2D eigenvalue weighted by molar-refractivity contribution is 7.99. The Morgan fingerprint density at radius 2 is 1.94 bits per heavy atom. The van der Waals surface area contributed by atoms with Gasteiger partial charge in [0.2, 0.25) is 0 Å². The minimum absolute atomic E-state index is 0. The summed E-state index contributed by atoms with van der Waals surface area (Å²) in [5, 5.41) is 4.09. The standard InChI is InChI=1S/C11H16ClNOS.ClH/c1-14-8-6-13-7-9-15-11-4-2-10(12)3-5-11;/h2-5,13H,6-9H2,1H3;1H. The Morgan fingerprint density at radius 3 is 2.56 bits per heavy atom. The molecule has 5 heteroatoms. The fraction of sp³-hybridized carbons (Fsp3) is 0.455. The van der Waals surface area contributed by atoms with Gasteiger partial charge < -0.3 is 10.1 Å². The zero-order valence-corrected chi connectivity index (χ0v) is 11.6. The molecule has 92 valence electrons. The van der Waals surface area contributed by atoms with Gasteiger partial charge >= 0.3 is 0 Å². The molecule has 1 aromatic carbocycles. The predicted molar refractivity (Wildman–Crippen MR) is 74.2 cm³/mol. The lowest BCUT2D eigenvalue weighted by molar-refractivity contribution is 0.200. The first-order chi connectivity index (χ1) is 7.33. The van der Waals surface area contributed by atoms with E-state index >= 15 is 0 Å². The molecule has 1 N–H and O–H groups in total. The molecule has 0 bridgehead atoms. The van der Waals surface area contributed by atoms with Gasteiger partial charge in [-0.15, -0.1) is 24.2 Å². The SMILES string of the molecule is COCCNCCSc1ccc(Cl)cc1.Cl. The molecule has 2 nitrogen and oxygen atoms in total. The van der Waals surface area contributed by atoms with Gasteiger partial charge in [-0.2, -0.15) is 0 Å². The first-order valence-electron chi connectivity index (χ1n) is 4.91. The largest absolute Gasteiger partial charge is 0.383 e. The second-order valence-electron chi connectivity index (χ2n) is 3.05. The Bertz CT molecular complexity index is 269. The van der Waals surface area contributed by atoms with Gasteiger partial charge in [-0.05, 0) is 24.3 Å². The average Bonchev–Trinajstić information content (AvgIpc) is 2.26. The van der Waals surface area contributed by atoms with Crippen LogP contribution in [-0.4, -0.2) is 32.6 Å². The van der Waals surface area contributed by atoms with Gasteiger partial charge in [-0.1, -0.05) is 11.6 Å². The fourth-order valence-corrected chi connectivity index (χ4v) is 2.01. The second kappa shape index (κ2) is 10.2. The van der Waals surface area contributed by atoms with Crippen molar-refractivity contribution in [3.05, 3.63) is 29.3 Å². The van der Waals surface area contributed by atoms with Crippen LogP contribution in [0.3, 0.4) is 0 Å². The second-order valence-corrected chi connectivity index (χ2v) is 4.65. The summed E-state index contributed by atoms with van der Waals surface area (Å²) in [6, 6.07) is 7.93. The monoisotopic (exact) mass is 281 g/mol. The lowest BCUT2D eigenvalue weighted by Crippen LogP contribution is -2.21. The summed E-state index contributed by atoms with van der Waals surface area (Å²) in [6.07, 6.45) is 0. The molecule has 0 aliphatic rings. The molecule has 0 unspecified atom stereocenters. The van der Waals surface area contributed by atoms with Crippen molar-refractivity contribution >= 4 is 35.8 Å². The molecule has 0 aliphatic heterocycles. The highest BCUT2D eigenvalue weighted by Gasteiger charge is 1.93. The maximum absolute atomic E-state index is 5.79. The fourth-order valence-electron chi connectivity index (χ4n) is 1.07. The normalized spacial score (nSPS) is 9.88.